The number of hydrogen-bond donors (Lipinski definition) is 2. The molecule has 2 N–H and O–H groups in total. The predicted octanol–water partition coefficient (Wildman–Crippen LogP) is 1.86. The maximum atomic E-state index is 12.3. The molecule has 1 aromatic heterocycles. The van der Waals surface area contributed by atoms with E-state index in [9.17, 15) is 18.0 Å². The largest absolute Gasteiger partial charge is 0.434 e. The zero-order valence-corrected chi connectivity index (χ0v) is 11.9. The molecule has 0 bridgehead atoms. The molecule has 1 unspecified atom stereocenters. The number of thioether (sulfide) groups is 1. The third-order valence-corrected chi connectivity index (χ3v) is 4.08. The van der Waals surface area contributed by atoms with Gasteiger partial charge in [0.1, 0.15) is 5.01 Å². The molecule has 0 aliphatic carbocycles. The Kier molecular flexibility index (Phi) is 5.90. The highest BCUT2D eigenvalue weighted by Gasteiger charge is 2.33. The van der Waals surface area contributed by atoms with Crippen LogP contribution >= 0.6 is 35.5 Å². The predicted molar refractivity (Wildman–Crippen MR) is 70.5 cm³/mol. The van der Waals surface area contributed by atoms with Crippen LogP contribution in [-0.2, 0) is 17.5 Å². The Balaban J connectivity index is 0.00000180. The van der Waals surface area contributed by atoms with E-state index in [-0.39, 0.29) is 35.9 Å². The van der Waals surface area contributed by atoms with Gasteiger partial charge in [-0.3, -0.25) is 10.1 Å². The van der Waals surface area contributed by atoms with Gasteiger partial charge in [0.2, 0.25) is 5.91 Å². The smallest absolute Gasteiger partial charge is 0.348 e. The number of rotatable bonds is 3. The van der Waals surface area contributed by atoms with Crippen LogP contribution in [0.1, 0.15) is 10.7 Å². The van der Waals surface area contributed by atoms with Crippen molar-refractivity contribution in [2.75, 3.05) is 11.6 Å². The Labute approximate surface area is 122 Å². The fourth-order valence-corrected chi connectivity index (χ4v) is 3.05. The molecular weight excluding hydrogens is 323 g/mol. The average Bonchev–Trinajstić information content (AvgIpc) is 2.96. The molecule has 108 valence electrons. The zero-order valence-electron chi connectivity index (χ0n) is 9.49. The summed E-state index contributed by atoms with van der Waals surface area (Å²) in [4.78, 5) is 15.0. The molecule has 4 nitrogen and oxygen atoms in total. The van der Waals surface area contributed by atoms with Gasteiger partial charge < -0.3 is 5.32 Å². The van der Waals surface area contributed by atoms with Gasteiger partial charge in [-0.25, -0.2) is 4.98 Å². The van der Waals surface area contributed by atoms with Crippen molar-refractivity contribution < 1.29 is 18.0 Å². The lowest BCUT2D eigenvalue weighted by Crippen LogP contribution is -2.41. The van der Waals surface area contributed by atoms with Crippen LogP contribution in [0.25, 0.3) is 0 Å². The van der Waals surface area contributed by atoms with Gasteiger partial charge in [0, 0.05) is 17.0 Å². The lowest BCUT2D eigenvalue weighted by molar-refractivity contribution is -0.140. The quantitative estimate of drug-likeness (QED) is 0.886. The molecular formula is C9H11ClF3N3OS2. The van der Waals surface area contributed by atoms with Crippen molar-refractivity contribution in [2.24, 2.45) is 0 Å². The van der Waals surface area contributed by atoms with Crippen LogP contribution in [0.4, 0.5) is 13.2 Å². The van der Waals surface area contributed by atoms with E-state index in [1.165, 1.54) is 0 Å². The maximum Gasteiger partial charge on any atom is 0.434 e. The summed E-state index contributed by atoms with van der Waals surface area (Å²) in [5.74, 6) is 1.19. The van der Waals surface area contributed by atoms with Crippen LogP contribution in [0.3, 0.4) is 0 Å². The molecule has 1 amide bonds. The number of halogens is 4. The van der Waals surface area contributed by atoms with Crippen molar-refractivity contribution >= 4 is 41.4 Å². The number of thiazole rings is 1. The Morgan fingerprint density at radius 3 is 2.84 bits per heavy atom. The van der Waals surface area contributed by atoms with Gasteiger partial charge in [-0.2, -0.15) is 13.2 Å². The van der Waals surface area contributed by atoms with Crippen molar-refractivity contribution in [2.45, 2.75) is 18.8 Å². The Morgan fingerprint density at radius 1 is 1.58 bits per heavy atom. The van der Waals surface area contributed by atoms with Crippen LogP contribution in [-0.4, -0.2) is 28.6 Å². The Hall–Kier alpha value is -0.510. The fraction of sp³-hybridized carbons (Fsp3) is 0.556. The van der Waals surface area contributed by atoms with E-state index in [2.05, 4.69) is 15.6 Å². The maximum absolute atomic E-state index is 12.3. The molecule has 1 aromatic rings. The van der Waals surface area contributed by atoms with E-state index in [0.29, 0.717) is 11.6 Å². The first-order valence-electron chi connectivity index (χ1n) is 5.07. The molecule has 0 radical (unpaired) electrons. The molecule has 1 fully saturated rings. The van der Waals surface area contributed by atoms with Gasteiger partial charge in [0.05, 0.1) is 12.6 Å². The minimum atomic E-state index is -4.43. The minimum absolute atomic E-state index is 0. The first kappa shape index (κ1) is 16.5. The highest BCUT2D eigenvalue weighted by Crippen LogP contribution is 2.29. The van der Waals surface area contributed by atoms with Gasteiger partial charge in [0.15, 0.2) is 5.69 Å². The molecule has 2 rings (SSSR count). The van der Waals surface area contributed by atoms with Crippen molar-refractivity contribution in [1.29, 1.82) is 0 Å². The summed E-state index contributed by atoms with van der Waals surface area (Å²) in [5, 5.41) is 6.75. The molecule has 2 heterocycles. The summed E-state index contributed by atoms with van der Waals surface area (Å²) in [7, 11) is 0. The second kappa shape index (κ2) is 6.78. The topological polar surface area (TPSA) is 54.0 Å². The Morgan fingerprint density at radius 2 is 2.32 bits per heavy atom. The van der Waals surface area contributed by atoms with Gasteiger partial charge in [-0.15, -0.1) is 35.5 Å². The summed E-state index contributed by atoms with van der Waals surface area (Å²) in [5.41, 5.74) is -0.911. The molecule has 1 saturated heterocycles. The lowest BCUT2D eigenvalue weighted by Gasteiger charge is -2.08. The number of carbonyl (C=O) groups is 1. The van der Waals surface area contributed by atoms with Crippen molar-refractivity contribution in [3.8, 4) is 0 Å². The molecule has 1 atom stereocenters. The Bertz CT molecular complexity index is 435. The summed E-state index contributed by atoms with van der Waals surface area (Å²) < 4.78 is 36.9. The highest BCUT2D eigenvalue weighted by atomic mass is 35.5. The molecule has 1 aliphatic heterocycles. The zero-order chi connectivity index (χ0) is 13.2. The minimum Gasteiger partial charge on any atom is -0.348 e. The van der Waals surface area contributed by atoms with E-state index in [1.54, 1.807) is 11.8 Å². The van der Waals surface area contributed by atoms with Gasteiger partial charge >= 0.3 is 6.18 Å². The lowest BCUT2D eigenvalue weighted by atomic mass is 10.3. The number of aromatic nitrogens is 1. The third-order valence-electron chi connectivity index (χ3n) is 2.29. The van der Waals surface area contributed by atoms with Crippen LogP contribution in [0, 0.1) is 0 Å². The van der Waals surface area contributed by atoms with E-state index in [1.807, 2.05) is 0 Å². The number of nitrogens with zero attached hydrogens (tertiary/aromatic N) is 1. The van der Waals surface area contributed by atoms with Gasteiger partial charge in [-0.05, 0) is 0 Å². The molecule has 19 heavy (non-hydrogen) atoms. The van der Waals surface area contributed by atoms with Crippen LogP contribution in [0.5, 0.6) is 0 Å². The normalized spacial score (nSPS) is 19.0. The second-order valence-corrected chi connectivity index (χ2v) is 5.59. The number of hydrogen-bond acceptors (Lipinski definition) is 5. The van der Waals surface area contributed by atoms with Crippen molar-refractivity contribution in [3.63, 3.8) is 0 Å². The van der Waals surface area contributed by atoms with E-state index >= 15 is 0 Å². The second-order valence-electron chi connectivity index (χ2n) is 3.61. The standard InChI is InChI=1S/C9H10F3N3OS2.ClH/c10-9(11,12)6-3-18-7(15-6)1-13-8(16)5-2-17-4-14-5;/h3,5,14H,1-2,4H2,(H,13,16);1H. The van der Waals surface area contributed by atoms with Crippen LogP contribution in [0.2, 0.25) is 0 Å². The fourth-order valence-electron chi connectivity index (χ4n) is 1.37. The molecule has 0 saturated carbocycles. The summed E-state index contributed by atoms with van der Waals surface area (Å²) >= 11 is 2.50. The number of nitrogens with one attached hydrogen (secondary N) is 2. The van der Waals surface area contributed by atoms with E-state index in [0.717, 1.165) is 16.7 Å². The average molecular weight is 334 g/mol. The first-order valence-corrected chi connectivity index (χ1v) is 7.10. The van der Waals surface area contributed by atoms with Gasteiger partial charge in [0.25, 0.3) is 0 Å². The molecule has 10 heteroatoms. The molecule has 1 aliphatic rings. The monoisotopic (exact) mass is 333 g/mol. The van der Waals surface area contributed by atoms with Crippen LogP contribution in [0.15, 0.2) is 5.38 Å². The number of alkyl halides is 3. The van der Waals surface area contributed by atoms with Crippen molar-refractivity contribution in [3.05, 3.63) is 16.1 Å². The highest BCUT2D eigenvalue weighted by molar-refractivity contribution is 7.99. The van der Waals surface area contributed by atoms with Gasteiger partial charge in [-0.1, -0.05) is 0 Å². The number of amides is 1. The molecule has 0 aromatic carbocycles. The van der Waals surface area contributed by atoms with Crippen molar-refractivity contribution in [1.82, 2.24) is 15.6 Å². The number of carbonyl (C=O) groups excluding carboxylic acids is 1. The molecule has 0 spiro atoms. The summed E-state index contributed by atoms with van der Waals surface area (Å²) in [6.45, 7) is 0.0302. The van der Waals surface area contributed by atoms with E-state index in [4.69, 9.17) is 0 Å². The SMILES string of the molecule is Cl.O=C(NCc1nc(C(F)(F)F)cs1)C1CSCN1. The van der Waals surface area contributed by atoms with E-state index < -0.39 is 11.9 Å². The summed E-state index contributed by atoms with van der Waals surface area (Å²) in [6.07, 6.45) is -4.43. The summed E-state index contributed by atoms with van der Waals surface area (Å²) in [6, 6.07) is -0.267. The third kappa shape index (κ3) is 4.51. The first-order chi connectivity index (χ1) is 8.47. The van der Waals surface area contributed by atoms with Crippen LogP contribution < -0.4 is 10.6 Å².